The molecule has 1 saturated heterocycles. The van der Waals surface area contributed by atoms with Crippen molar-refractivity contribution >= 4 is 11.8 Å². The fraction of sp³-hybridized carbons (Fsp3) is 0.600. The average Bonchev–Trinajstić information content (AvgIpc) is 3.15. The van der Waals surface area contributed by atoms with Crippen LogP contribution in [0.4, 0.5) is 0 Å². The van der Waals surface area contributed by atoms with Gasteiger partial charge in [-0.3, -0.25) is 9.59 Å². The first kappa shape index (κ1) is 14.1. The molecule has 0 spiro atoms. The molecule has 0 bridgehead atoms. The van der Waals surface area contributed by atoms with E-state index in [1.807, 2.05) is 11.8 Å². The molecule has 1 N–H and O–H groups in total. The first-order valence-corrected chi connectivity index (χ1v) is 7.53. The van der Waals surface area contributed by atoms with Crippen molar-refractivity contribution in [3.8, 4) is 0 Å². The summed E-state index contributed by atoms with van der Waals surface area (Å²) >= 11 is 0. The minimum atomic E-state index is -0.134. The van der Waals surface area contributed by atoms with Crippen LogP contribution in [0, 0.1) is 0 Å². The summed E-state index contributed by atoms with van der Waals surface area (Å²) in [5.74, 6) is 0.391. The van der Waals surface area contributed by atoms with Crippen LogP contribution in [0.15, 0.2) is 22.8 Å². The summed E-state index contributed by atoms with van der Waals surface area (Å²) in [5.41, 5.74) is 0. The van der Waals surface area contributed by atoms with Gasteiger partial charge < -0.3 is 19.5 Å². The van der Waals surface area contributed by atoms with Gasteiger partial charge in [-0.1, -0.05) is 0 Å². The first-order valence-electron chi connectivity index (χ1n) is 7.53. The molecule has 2 heterocycles. The van der Waals surface area contributed by atoms with Gasteiger partial charge in [0, 0.05) is 32.2 Å². The predicted octanol–water partition coefficient (Wildman–Crippen LogP) is 0.705. The molecule has 0 radical (unpaired) electrons. The summed E-state index contributed by atoms with van der Waals surface area (Å²) in [4.78, 5) is 28.0. The Labute approximate surface area is 124 Å². The van der Waals surface area contributed by atoms with Crippen molar-refractivity contribution in [1.82, 2.24) is 15.1 Å². The van der Waals surface area contributed by atoms with E-state index in [4.69, 9.17) is 4.42 Å². The summed E-state index contributed by atoms with van der Waals surface area (Å²) in [6, 6.07) is 3.76. The molecule has 2 fully saturated rings. The van der Waals surface area contributed by atoms with E-state index in [1.165, 1.54) is 19.1 Å². The minimum Gasteiger partial charge on any atom is -0.459 e. The van der Waals surface area contributed by atoms with Gasteiger partial charge in [-0.05, 0) is 31.9 Å². The maximum Gasteiger partial charge on any atom is 0.289 e. The van der Waals surface area contributed by atoms with Crippen molar-refractivity contribution in [3.63, 3.8) is 0 Å². The van der Waals surface area contributed by atoms with Crippen LogP contribution in [0.1, 0.15) is 30.3 Å². The number of piperazine rings is 1. The number of carbonyl (C=O) groups is 2. The lowest BCUT2D eigenvalue weighted by molar-refractivity contribution is -0.134. The second-order valence-electron chi connectivity index (χ2n) is 5.76. The molecule has 1 aromatic heterocycles. The van der Waals surface area contributed by atoms with E-state index in [-0.39, 0.29) is 17.9 Å². The van der Waals surface area contributed by atoms with Crippen molar-refractivity contribution in [1.29, 1.82) is 0 Å². The molecule has 1 aliphatic heterocycles. The molecule has 1 saturated carbocycles. The van der Waals surface area contributed by atoms with E-state index >= 15 is 0 Å². The molecule has 21 heavy (non-hydrogen) atoms. The lowest BCUT2D eigenvalue weighted by atomic mass is 10.2. The highest BCUT2D eigenvalue weighted by atomic mass is 16.3. The highest BCUT2D eigenvalue weighted by Gasteiger charge is 2.31. The highest BCUT2D eigenvalue weighted by Crippen LogP contribution is 2.20. The Morgan fingerprint density at radius 2 is 1.90 bits per heavy atom. The Morgan fingerprint density at radius 1 is 1.24 bits per heavy atom. The third kappa shape index (κ3) is 3.26. The Bertz CT molecular complexity index is 502. The van der Waals surface area contributed by atoms with Gasteiger partial charge in [-0.2, -0.15) is 0 Å². The number of nitrogens with one attached hydrogen (secondary N) is 1. The Morgan fingerprint density at radius 3 is 2.48 bits per heavy atom. The van der Waals surface area contributed by atoms with Crippen molar-refractivity contribution in [2.75, 3.05) is 26.2 Å². The van der Waals surface area contributed by atoms with Crippen molar-refractivity contribution in [3.05, 3.63) is 24.2 Å². The molecule has 114 valence electrons. The molecule has 2 amide bonds. The van der Waals surface area contributed by atoms with Crippen LogP contribution < -0.4 is 5.32 Å². The van der Waals surface area contributed by atoms with Gasteiger partial charge in [0.05, 0.1) is 12.3 Å². The van der Waals surface area contributed by atoms with E-state index in [2.05, 4.69) is 5.32 Å². The summed E-state index contributed by atoms with van der Waals surface area (Å²) in [6.45, 7) is 4.20. The zero-order valence-corrected chi connectivity index (χ0v) is 12.2. The molecule has 6 heteroatoms. The van der Waals surface area contributed by atoms with Gasteiger partial charge in [0.2, 0.25) is 5.91 Å². The number of hydrogen-bond acceptors (Lipinski definition) is 4. The van der Waals surface area contributed by atoms with Crippen LogP contribution in [0.3, 0.4) is 0 Å². The maximum absolute atomic E-state index is 12.3. The SMILES string of the molecule is C[C@H](NC1CC1)C(=O)N1CCN(C(=O)c2ccco2)CC1. The van der Waals surface area contributed by atoms with Gasteiger partial charge in [0.25, 0.3) is 5.91 Å². The van der Waals surface area contributed by atoms with Gasteiger partial charge >= 0.3 is 0 Å². The highest BCUT2D eigenvalue weighted by molar-refractivity contribution is 5.91. The third-order valence-electron chi connectivity index (χ3n) is 4.04. The van der Waals surface area contributed by atoms with Gasteiger partial charge in [0.15, 0.2) is 5.76 Å². The molecular formula is C15H21N3O3. The molecule has 1 aromatic rings. The summed E-state index contributed by atoms with van der Waals surface area (Å²) in [6.07, 6.45) is 3.84. The number of rotatable bonds is 4. The second kappa shape index (κ2) is 5.89. The molecule has 0 aromatic carbocycles. The van der Waals surface area contributed by atoms with E-state index in [0.717, 1.165) is 0 Å². The Hall–Kier alpha value is -1.82. The Kier molecular flexibility index (Phi) is 3.96. The van der Waals surface area contributed by atoms with Crippen LogP contribution in [0.5, 0.6) is 0 Å². The molecule has 1 atom stereocenters. The third-order valence-corrected chi connectivity index (χ3v) is 4.04. The standard InChI is InChI=1S/C15H21N3O3/c1-11(16-12-4-5-12)14(19)17-6-8-18(9-7-17)15(20)13-3-2-10-21-13/h2-3,10-12,16H,4-9H2,1H3/t11-/m0/s1. The summed E-state index contributed by atoms with van der Waals surface area (Å²) < 4.78 is 5.13. The first-order chi connectivity index (χ1) is 10.1. The van der Waals surface area contributed by atoms with E-state index in [9.17, 15) is 9.59 Å². The topological polar surface area (TPSA) is 65.8 Å². The predicted molar refractivity (Wildman–Crippen MR) is 76.8 cm³/mol. The van der Waals surface area contributed by atoms with Crippen LogP contribution in [-0.2, 0) is 4.79 Å². The van der Waals surface area contributed by atoms with Crippen molar-refractivity contribution in [2.24, 2.45) is 0 Å². The van der Waals surface area contributed by atoms with Gasteiger partial charge in [-0.15, -0.1) is 0 Å². The second-order valence-corrected chi connectivity index (χ2v) is 5.76. The fourth-order valence-corrected chi connectivity index (χ4v) is 2.63. The zero-order valence-electron chi connectivity index (χ0n) is 12.2. The molecule has 2 aliphatic rings. The molecular weight excluding hydrogens is 270 g/mol. The van der Waals surface area contributed by atoms with Crippen LogP contribution in [0.25, 0.3) is 0 Å². The molecule has 3 rings (SSSR count). The number of furan rings is 1. The van der Waals surface area contributed by atoms with Gasteiger partial charge in [-0.25, -0.2) is 0 Å². The maximum atomic E-state index is 12.3. The normalized spacial score (nSPS) is 20.4. The Balaban J connectivity index is 1.50. The van der Waals surface area contributed by atoms with Crippen LogP contribution in [0.2, 0.25) is 0 Å². The fourth-order valence-electron chi connectivity index (χ4n) is 2.63. The number of hydrogen-bond donors (Lipinski definition) is 1. The van der Waals surface area contributed by atoms with Crippen LogP contribution >= 0.6 is 0 Å². The molecule has 6 nitrogen and oxygen atoms in total. The van der Waals surface area contributed by atoms with Crippen molar-refractivity contribution in [2.45, 2.75) is 31.8 Å². The zero-order chi connectivity index (χ0) is 14.8. The smallest absolute Gasteiger partial charge is 0.289 e. The molecule has 1 aliphatic carbocycles. The summed E-state index contributed by atoms with van der Waals surface area (Å²) in [7, 11) is 0. The van der Waals surface area contributed by atoms with E-state index in [0.29, 0.717) is 38.0 Å². The quantitative estimate of drug-likeness (QED) is 0.887. The lowest BCUT2D eigenvalue weighted by Crippen LogP contribution is -2.54. The number of nitrogens with zero attached hydrogens (tertiary/aromatic N) is 2. The van der Waals surface area contributed by atoms with E-state index < -0.39 is 0 Å². The number of amides is 2. The van der Waals surface area contributed by atoms with E-state index in [1.54, 1.807) is 17.0 Å². The average molecular weight is 291 g/mol. The minimum absolute atomic E-state index is 0.101. The van der Waals surface area contributed by atoms with Crippen LogP contribution in [-0.4, -0.2) is 59.9 Å². The van der Waals surface area contributed by atoms with Gasteiger partial charge in [0.1, 0.15) is 0 Å². The van der Waals surface area contributed by atoms with Crippen molar-refractivity contribution < 1.29 is 14.0 Å². The molecule has 0 unspecified atom stereocenters. The lowest BCUT2D eigenvalue weighted by Gasteiger charge is -2.35. The largest absolute Gasteiger partial charge is 0.459 e. The summed E-state index contributed by atoms with van der Waals surface area (Å²) in [5, 5.41) is 3.32. The monoisotopic (exact) mass is 291 g/mol. The number of carbonyl (C=O) groups excluding carboxylic acids is 2.